The molecule has 7 nitrogen and oxygen atoms in total. The highest BCUT2D eigenvalue weighted by Crippen LogP contribution is 2.46. The van der Waals surface area contributed by atoms with Gasteiger partial charge in [0.25, 0.3) is 0 Å². The second kappa shape index (κ2) is 11.0. The van der Waals surface area contributed by atoms with E-state index in [-0.39, 0.29) is 31.7 Å². The number of carbonyl (C=O) groups is 2. The topological polar surface area (TPSA) is 93.5 Å². The van der Waals surface area contributed by atoms with E-state index in [9.17, 15) is 22.8 Å². The Balaban J connectivity index is 1.50. The van der Waals surface area contributed by atoms with Gasteiger partial charge in [0.05, 0.1) is 6.61 Å². The first-order chi connectivity index (χ1) is 15.3. The van der Waals surface area contributed by atoms with Crippen LogP contribution in [0.15, 0.2) is 16.7 Å². The Labute approximate surface area is 191 Å². The van der Waals surface area contributed by atoms with E-state index >= 15 is 0 Å². The number of rotatable bonds is 11. The third-order valence-electron chi connectivity index (χ3n) is 4.68. The number of amides is 1. The summed E-state index contributed by atoms with van der Waals surface area (Å²) in [6, 6.07) is 0. The lowest BCUT2D eigenvalue weighted by molar-refractivity contribution is -0.0610. The zero-order valence-electron chi connectivity index (χ0n) is 17.4. The first-order valence-electron chi connectivity index (χ1n) is 10.3. The van der Waals surface area contributed by atoms with Gasteiger partial charge in [-0.15, -0.1) is 22.7 Å². The lowest BCUT2D eigenvalue weighted by Crippen LogP contribution is -2.28. The number of nitrogens with one attached hydrogen (secondary N) is 1. The van der Waals surface area contributed by atoms with Crippen molar-refractivity contribution < 1.29 is 27.5 Å². The zero-order valence-corrected chi connectivity index (χ0v) is 19.0. The van der Waals surface area contributed by atoms with Crippen molar-refractivity contribution in [2.75, 3.05) is 6.61 Å². The summed E-state index contributed by atoms with van der Waals surface area (Å²) in [5.74, 6) is 0.289. The maximum absolute atomic E-state index is 13.1. The molecule has 0 aromatic carbocycles. The Morgan fingerprint density at radius 3 is 2.59 bits per heavy atom. The van der Waals surface area contributed by atoms with Gasteiger partial charge >= 0.3 is 12.3 Å². The first-order valence-corrected chi connectivity index (χ1v) is 12.0. The lowest BCUT2D eigenvalue weighted by atomic mass is 10.1. The largest absolute Gasteiger partial charge is 0.449 e. The molecule has 0 spiro atoms. The van der Waals surface area contributed by atoms with Crippen molar-refractivity contribution in [3.8, 4) is 10.0 Å². The Hall–Kier alpha value is -2.34. The van der Waals surface area contributed by atoms with Gasteiger partial charge in [-0.2, -0.15) is 18.3 Å². The van der Waals surface area contributed by atoms with Crippen molar-refractivity contribution in [1.29, 1.82) is 0 Å². The first kappa shape index (κ1) is 24.3. The third-order valence-corrected chi connectivity index (χ3v) is 6.82. The number of ketones is 1. The van der Waals surface area contributed by atoms with Gasteiger partial charge in [-0.1, -0.05) is 6.42 Å². The quantitative estimate of drug-likeness (QED) is 0.183. The summed E-state index contributed by atoms with van der Waals surface area (Å²) in [5, 5.41) is 6.53. The Bertz CT molecular complexity index is 954. The molecular formula is C20H23F3N4O3S2. The van der Waals surface area contributed by atoms with E-state index in [4.69, 9.17) is 0 Å². The molecule has 0 aliphatic heterocycles. The monoisotopic (exact) mass is 488 g/mol. The molecular weight excluding hydrogens is 465 g/mol. The van der Waals surface area contributed by atoms with Gasteiger partial charge < -0.3 is 4.74 Å². The normalized spacial score (nSPS) is 14.4. The van der Waals surface area contributed by atoms with Crippen LogP contribution < -0.4 is 5.43 Å². The second-order valence-electron chi connectivity index (χ2n) is 7.22. The minimum Gasteiger partial charge on any atom is -0.449 e. The maximum Gasteiger partial charge on any atom is 0.431 e. The van der Waals surface area contributed by atoms with Crippen molar-refractivity contribution in [3.05, 3.63) is 22.1 Å². The fourth-order valence-electron chi connectivity index (χ4n) is 2.99. The van der Waals surface area contributed by atoms with Gasteiger partial charge in [0.1, 0.15) is 11.4 Å². The molecule has 0 radical (unpaired) electrons. The molecule has 174 valence electrons. The van der Waals surface area contributed by atoms with Crippen LogP contribution in [0.1, 0.15) is 73.2 Å². The average molecular weight is 489 g/mol. The summed E-state index contributed by atoms with van der Waals surface area (Å²) in [7, 11) is 0. The number of thiazole rings is 2. The summed E-state index contributed by atoms with van der Waals surface area (Å²) in [4.78, 5) is 33.7. The molecule has 0 atom stereocenters. The van der Waals surface area contributed by atoms with Crippen LogP contribution in [0.4, 0.5) is 18.0 Å². The molecule has 1 fully saturated rings. The number of nitrogens with zero attached hydrogens (tertiary/aromatic N) is 3. The molecule has 12 heteroatoms. The molecule has 32 heavy (non-hydrogen) atoms. The molecule has 0 saturated heterocycles. The Morgan fingerprint density at radius 1 is 1.22 bits per heavy atom. The predicted molar refractivity (Wildman–Crippen MR) is 116 cm³/mol. The molecule has 1 aliphatic carbocycles. The van der Waals surface area contributed by atoms with Crippen LogP contribution in [0, 0.1) is 0 Å². The van der Waals surface area contributed by atoms with Crippen molar-refractivity contribution in [2.24, 2.45) is 5.10 Å². The molecule has 1 N–H and O–H groups in total. The van der Waals surface area contributed by atoms with Crippen molar-refractivity contribution in [1.82, 2.24) is 15.4 Å². The number of carbonyl (C=O) groups excluding carboxylic acids is 2. The molecule has 2 aromatic heterocycles. The number of ether oxygens (including phenoxy) is 1. The summed E-state index contributed by atoms with van der Waals surface area (Å²) >= 11 is 2.98. The van der Waals surface area contributed by atoms with E-state index in [2.05, 4.69) is 19.8 Å². The van der Waals surface area contributed by atoms with Gasteiger partial charge in [-0.3, -0.25) is 4.79 Å². The van der Waals surface area contributed by atoms with E-state index in [1.165, 1.54) is 29.6 Å². The molecule has 1 saturated carbocycles. The highest BCUT2D eigenvalue weighted by atomic mass is 32.1. The fourth-order valence-corrected chi connectivity index (χ4v) is 4.92. The fraction of sp³-hybridized carbons (Fsp3) is 0.550. The van der Waals surface area contributed by atoms with Crippen molar-refractivity contribution >= 4 is 40.3 Å². The molecule has 1 aliphatic rings. The summed E-state index contributed by atoms with van der Waals surface area (Å²) in [6.45, 7) is 1.57. The molecule has 0 bridgehead atoms. The van der Waals surface area contributed by atoms with Gasteiger partial charge in [0.2, 0.25) is 0 Å². The van der Waals surface area contributed by atoms with Crippen LogP contribution in [-0.4, -0.2) is 40.3 Å². The lowest BCUT2D eigenvalue weighted by Gasteiger charge is -2.10. The average Bonchev–Trinajstić information content (AvgIpc) is 3.25. The van der Waals surface area contributed by atoms with E-state index in [1.54, 1.807) is 11.6 Å². The van der Waals surface area contributed by atoms with Gasteiger partial charge in [-0.25, -0.2) is 20.2 Å². The minimum absolute atomic E-state index is 0.0313. The van der Waals surface area contributed by atoms with Crippen LogP contribution >= 0.6 is 22.7 Å². The summed E-state index contributed by atoms with van der Waals surface area (Å²) in [5.41, 5.74) is 1.15. The number of halogens is 3. The van der Waals surface area contributed by atoms with E-state index in [0.29, 0.717) is 24.5 Å². The highest BCUT2D eigenvalue weighted by molar-refractivity contribution is 7.20. The summed E-state index contributed by atoms with van der Waals surface area (Å²) < 4.78 is 43.7. The van der Waals surface area contributed by atoms with Crippen LogP contribution in [0.2, 0.25) is 0 Å². The van der Waals surface area contributed by atoms with Gasteiger partial charge in [-0.05, 0) is 44.9 Å². The van der Waals surface area contributed by atoms with Gasteiger partial charge in [0, 0.05) is 22.9 Å². The minimum atomic E-state index is -4.65. The number of aromatic nitrogens is 2. The molecule has 1 amide bonds. The predicted octanol–water partition coefficient (Wildman–Crippen LogP) is 5.94. The summed E-state index contributed by atoms with van der Waals surface area (Å²) in [6.07, 6.45) is -0.992. The van der Waals surface area contributed by atoms with E-state index in [0.717, 1.165) is 27.7 Å². The standard InChI is InChI=1S/C20H23F3N4O3S2/c1-2-30-19(29)27-26-14(20(21,22)23)7-5-3-4-6-13(28)15-16(12-8-9-12)32-18(25-15)17-24-10-11-31-17/h10-12H,2-9H2,1H3,(H,27,29)/b26-14-. The van der Waals surface area contributed by atoms with Gasteiger partial charge in [0.15, 0.2) is 15.8 Å². The number of alkyl halides is 3. The number of hydrogen-bond donors (Lipinski definition) is 1. The molecule has 3 rings (SSSR count). The SMILES string of the molecule is CCOC(=O)N/N=C(/CCCCCC(=O)c1nc(-c2nccs2)sc1C1CC1)C(F)(F)F. The van der Waals surface area contributed by atoms with E-state index < -0.39 is 18.0 Å². The van der Waals surface area contributed by atoms with Crippen LogP contribution in [0.25, 0.3) is 10.0 Å². The number of unbranched alkanes of at least 4 members (excludes halogenated alkanes) is 2. The molecule has 0 unspecified atom stereocenters. The van der Waals surface area contributed by atoms with Crippen LogP contribution in [0.5, 0.6) is 0 Å². The highest BCUT2D eigenvalue weighted by Gasteiger charge is 2.35. The molecule has 2 heterocycles. The number of hydrazone groups is 1. The Kier molecular flexibility index (Phi) is 8.35. The van der Waals surface area contributed by atoms with Crippen LogP contribution in [0.3, 0.4) is 0 Å². The third kappa shape index (κ3) is 6.83. The zero-order chi connectivity index (χ0) is 23.1. The maximum atomic E-state index is 13.1. The smallest absolute Gasteiger partial charge is 0.431 e. The molecule has 2 aromatic rings. The Morgan fingerprint density at radius 2 is 1.97 bits per heavy atom. The van der Waals surface area contributed by atoms with Crippen molar-refractivity contribution in [3.63, 3.8) is 0 Å². The van der Waals surface area contributed by atoms with Crippen molar-refractivity contribution in [2.45, 2.75) is 64.0 Å². The second-order valence-corrected chi connectivity index (χ2v) is 9.14. The number of hydrogen-bond acceptors (Lipinski definition) is 8. The van der Waals surface area contributed by atoms with E-state index in [1.807, 2.05) is 5.38 Å². The van der Waals surface area contributed by atoms with Crippen LogP contribution in [-0.2, 0) is 4.74 Å². The number of Topliss-reactive ketones (excluding diaryl/α,β-unsaturated/α-hetero) is 1.